The molecule has 1 atom stereocenters. The Morgan fingerprint density at radius 1 is 1.34 bits per heavy atom. The average molecular weight is 425 g/mol. The number of unbranched alkanes of at least 4 members (excludes halogenated alkanes) is 1. The smallest absolute Gasteiger partial charge is 0.242 e. The van der Waals surface area contributed by atoms with Crippen molar-refractivity contribution in [3.05, 3.63) is 24.0 Å². The molecule has 0 aliphatic heterocycles. The van der Waals surface area contributed by atoms with Crippen molar-refractivity contribution in [2.24, 2.45) is 0 Å². The highest BCUT2D eigenvalue weighted by molar-refractivity contribution is 7.89. The molecule has 0 aliphatic carbocycles. The lowest BCUT2D eigenvalue weighted by Gasteiger charge is -2.13. The van der Waals surface area contributed by atoms with E-state index in [0.717, 1.165) is 30.7 Å². The van der Waals surface area contributed by atoms with E-state index in [1.807, 2.05) is 6.92 Å². The van der Waals surface area contributed by atoms with Crippen LogP contribution >= 0.6 is 0 Å². The number of carbonyl (C=O) groups is 1. The second-order valence-electron chi connectivity index (χ2n) is 7.40. The Kier molecular flexibility index (Phi) is 8.18. The number of methoxy groups -OCH3 is 1. The molecule has 8 nitrogen and oxygen atoms in total. The first-order valence-electron chi connectivity index (χ1n) is 9.90. The second-order valence-corrected chi connectivity index (χ2v) is 9.55. The van der Waals surface area contributed by atoms with Crippen LogP contribution in [0.4, 0.5) is 0 Å². The van der Waals surface area contributed by atoms with E-state index in [1.165, 1.54) is 18.4 Å². The van der Waals surface area contributed by atoms with Crippen molar-refractivity contribution in [1.29, 1.82) is 0 Å². The zero-order valence-electron chi connectivity index (χ0n) is 17.9. The molecule has 2 rings (SSSR count). The Morgan fingerprint density at radius 3 is 2.69 bits per heavy atom. The molecule has 0 saturated heterocycles. The van der Waals surface area contributed by atoms with E-state index in [-0.39, 0.29) is 16.8 Å². The van der Waals surface area contributed by atoms with Crippen LogP contribution in [0.1, 0.15) is 38.9 Å². The van der Waals surface area contributed by atoms with Crippen molar-refractivity contribution in [2.45, 2.75) is 57.0 Å². The van der Waals surface area contributed by atoms with Crippen LogP contribution in [0.15, 0.2) is 23.1 Å². The number of amides is 1. The maximum Gasteiger partial charge on any atom is 0.242 e. The van der Waals surface area contributed by atoms with E-state index >= 15 is 0 Å². The number of hydrogen-bond donors (Lipinski definition) is 1. The summed E-state index contributed by atoms with van der Waals surface area (Å²) in [6.07, 6.45) is 2.81. The highest BCUT2D eigenvalue weighted by Gasteiger charge is 2.20. The minimum Gasteiger partial charge on any atom is -0.383 e. The summed E-state index contributed by atoms with van der Waals surface area (Å²) < 4.78 is 33.2. The molecular formula is C20H32N4O4S. The normalized spacial score (nSPS) is 13.2. The highest BCUT2D eigenvalue weighted by atomic mass is 32.2. The van der Waals surface area contributed by atoms with E-state index in [4.69, 9.17) is 4.74 Å². The van der Waals surface area contributed by atoms with Gasteiger partial charge in [0.25, 0.3) is 0 Å². The monoisotopic (exact) mass is 424 g/mol. The fourth-order valence-electron chi connectivity index (χ4n) is 3.15. The number of rotatable bonds is 11. The van der Waals surface area contributed by atoms with E-state index in [1.54, 1.807) is 25.3 Å². The van der Waals surface area contributed by atoms with Gasteiger partial charge in [0.1, 0.15) is 5.82 Å². The summed E-state index contributed by atoms with van der Waals surface area (Å²) in [6.45, 7) is 5.25. The van der Waals surface area contributed by atoms with Gasteiger partial charge in [-0.2, -0.15) is 0 Å². The number of nitrogens with zero attached hydrogens (tertiary/aromatic N) is 3. The molecule has 1 N–H and O–H groups in total. The Hall–Kier alpha value is -1.97. The number of carbonyl (C=O) groups excluding carboxylic acids is 1. The van der Waals surface area contributed by atoms with Gasteiger partial charge in [0.05, 0.1) is 22.5 Å². The lowest BCUT2D eigenvalue weighted by molar-refractivity contribution is -0.122. The van der Waals surface area contributed by atoms with Crippen LogP contribution in [0, 0.1) is 0 Å². The number of sulfonamides is 1. The van der Waals surface area contributed by atoms with Crippen molar-refractivity contribution in [3.8, 4) is 0 Å². The predicted molar refractivity (Wildman–Crippen MR) is 113 cm³/mol. The van der Waals surface area contributed by atoms with Crippen LogP contribution in [-0.2, 0) is 32.5 Å². The Morgan fingerprint density at radius 2 is 2.07 bits per heavy atom. The average Bonchev–Trinajstić information content (AvgIpc) is 3.01. The maximum atomic E-state index is 12.4. The zero-order chi connectivity index (χ0) is 21.6. The quantitative estimate of drug-likeness (QED) is 0.597. The molecule has 0 saturated carbocycles. The number of fused-ring (bicyclic) bond motifs is 1. The van der Waals surface area contributed by atoms with Gasteiger partial charge in [-0.15, -0.1) is 0 Å². The maximum absolute atomic E-state index is 12.4. The van der Waals surface area contributed by atoms with Gasteiger partial charge in [0, 0.05) is 46.6 Å². The van der Waals surface area contributed by atoms with Crippen LogP contribution in [0.3, 0.4) is 0 Å². The molecule has 1 amide bonds. The summed E-state index contributed by atoms with van der Waals surface area (Å²) in [5, 5.41) is 2.90. The fourth-order valence-corrected chi connectivity index (χ4v) is 4.07. The van der Waals surface area contributed by atoms with Gasteiger partial charge in [-0.05, 0) is 31.5 Å². The molecule has 29 heavy (non-hydrogen) atoms. The van der Waals surface area contributed by atoms with Crippen molar-refractivity contribution in [1.82, 2.24) is 19.2 Å². The number of imidazole rings is 1. The van der Waals surface area contributed by atoms with Gasteiger partial charge in [0.2, 0.25) is 15.9 Å². The van der Waals surface area contributed by atoms with E-state index < -0.39 is 10.0 Å². The first-order valence-corrected chi connectivity index (χ1v) is 11.3. The molecule has 1 heterocycles. The van der Waals surface area contributed by atoms with Gasteiger partial charge in [-0.1, -0.05) is 13.3 Å². The Balaban J connectivity index is 2.29. The third kappa shape index (κ3) is 5.77. The lowest BCUT2D eigenvalue weighted by atomic mass is 10.2. The van der Waals surface area contributed by atoms with Gasteiger partial charge in [-0.25, -0.2) is 17.7 Å². The van der Waals surface area contributed by atoms with Gasteiger partial charge >= 0.3 is 0 Å². The number of ether oxygens (including phenoxy) is 1. The topological polar surface area (TPSA) is 93.5 Å². The molecule has 162 valence electrons. The van der Waals surface area contributed by atoms with E-state index in [9.17, 15) is 13.2 Å². The largest absolute Gasteiger partial charge is 0.383 e. The van der Waals surface area contributed by atoms with Crippen LogP contribution in [0.2, 0.25) is 0 Å². The third-order valence-corrected chi connectivity index (χ3v) is 6.52. The standard InChI is InChI=1S/C20H32N4O4S/c1-6-7-12-24-18-9-8-16(29(26,27)23(3)4)13-17(18)22-19(24)10-11-20(25)21-15(2)14-28-5/h8-9,13,15H,6-7,10-12,14H2,1-5H3,(H,21,25)/t15-/m0/s1. The molecular weight excluding hydrogens is 392 g/mol. The molecule has 0 fully saturated rings. The van der Waals surface area contributed by atoms with Crippen LogP contribution < -0.4 is 5.32 Å². The summed E-state index contributed by atoms with van der Waals surface area (Å²) in [4.78, 5) is 17.1. The number of hydrogen-bond acceptors (Lipinski definition) is 5. The molecule has 1 aromatic carbocycles. The summed E-state index contributed by atoms with van der Waals surface area (Å²) in [6, 6.07) is 4.98. The first-order chi connectivity index (χ1) is 13.7. The first kappa shape index (κ1) is 23.3. The summed E-state index contributed by atoms with van der Waals surface area (Å²) in [5.74, 6) is 0.738. The van der Waals surface area contributed by atoms with Gasteiger partial charge < -0.3 is 14.6 Å². The molecule has 0 spiro atoms. The summed E-state index contributed by atoms with van der Waals surface area (Å²) in [5.41, 5.74) is 1.52. The number of aromatic nitrogens is 2. The fraction of sp³-hybridized carbons (Fsp3) is 0.600. The number of nitrogens with one attached hydrogen (secondary N) is 1. The van der Waals surface area contributed by atoms with E-state index in [2.05, 4.69) is 21.8 Å². The molecule has 9 heteroatoms. The van der Waals surface area contributed by atoms with E-state index in [0.29, 0.717) is 25.0 Å². The number of aryl methyl sites for hydroxylation is 2. The predicted octanol–water partition coefficient (Wildman–Crippen LogP) is 2.17. The highest BCUT2D eigenvalue weighted by Crippen LogP contribution is 2.23. The molecule has 2 aromatic rings. The van der Waals surface area contributed by atoms with Crippen LogP contribution in [0.5, 0.6) is 0 Å². The SMILES string of the molecule is CCCCn1c(CCC(=O)N[C@@H](C)COC)nc2cc(S(=O)(=O)N(C)C)ccc21. The van der Waals surface area contributed by atoms with Crippen molar-refractivity contribution in [2.75, 3.05) is 27.8 Å². The van der Waals surface area contributed by atoms with Gasteiger partial charge in [-0.3, -0.25) is 4.79 Å². The van der Waals surface area contributed by atoms with Gasteiger partial charge in [0.15, 0.2) is 0 Å². The minimum atomic E-state index is -3.53. The molecule has 1 aromatic heterocycles. The molecule has 0 aliphatic rings. The molecule has 0 bridgehead atoms. The zero-order valence-corrected chi connectivity index (χ0v) is 18.8. The van der Waals surface area contributed by atoms with Crippen molar-refractivity contribution in [3.63, 3.8) is 0 Å². The molecule has 0 radical (unpaired) electrons. The van der Waals surface area contributed by atoms with Crippen molar-refractivity contribution >= 4 is 27.0 Å². The lowest BCUT2D eigenvalue weighted by Crippen LogP contribution is -2.35. The second kappa shape index (κ2) is 10.2. The summed E-state index contributed by atoms with van der Waals surface area (Å²) >= 11 is 0. The van der Waals surface area contributed by atoms with Crippen LogP contribution in [-0.4, -0.2) is 62.0 Å². The number of benzene rings is 1. The van der Waals surface area contributed by atoms with Crippen LogP contribution in [0.25, 0.3) is 11.0 Å². The minimum absolute atomic E-state index is 0.0507. The summed E-state index contributed by atoms with van der Waals surface area (Å²) in [7, 11) is 1.09. The molecule has 0 unspecified atom stereocenters. The Bertz CT molecular complexity index is 937. The third-order valence-electron chi connectivity index (χ3n) is 4.71. The van der Waals surface area contributed by atoms with Crippen molar-refractivity contribution < 1.29 is 17.9 Å². The Labute approximate surface area is 173 Å².